The van der Waals surface area contributed by atoms with Crippen LogP contribution in [0.3, 0.4) is 0 Å². The van der Waals surface area contributed by atoms with Crippen LogP contribution in [-0.2, 0) is 0 Å². The number of phenols is 1. The summed E-state index contributed by atoms with van der Waals surface area (Å²) in [4.78, 5) is 21.0. The van der Waals surface area contributed by atoms with E-state index in [-0.39, 0.29) is 20.6 Å². The highest BCUT2D eigenvalue weighted by molar-refractivity contribution is 14.1. The molecule has 0 amide bonds. The minimum absolute atomic E-state index is 0.0457. The number of carbonyl (C=O) groups excluding carboxylic acids is 1. The summed E-state index contributed by atoms with van der Waals surface area (Å²) in [6.07, 6.45) is 0. The summed E-state index contributed by atoms with van der Waals surface area (Å²) >= 11 is 1.70. The van der Waals surface area contributed by atoms with Gasteiger partial charge in [0.25, 0.3) is 5.69 Å². The number of carbonyl (C=O) groups is 1. The van der Waals surface area contributed by atoms with E-state index in [0.717, 1.165) is 6.07 Å². The van der Waals surface area contributed by atoms with Crippen molar-refractivity contribution in [2.75, 3.05) is 0 Å². The first kappa shape index (κ1) is 10.9. The lowest BCUT2D eigenvalue weighted by Crippen LogP contribution is -2.02. The van der Waals surface area contributed by atoms with Gasteiger partial charge in [0.1, 0.15) is 11.3 Å². The normalized spacial score (nSPS) is 9.86. The third kappa shape index (κ3) is 1.84. The van der Waals surface area contributed by atoms with Crippen LogP contribution in [0.15, 0.2) is 12.1 Å². The van der Waals surface area contributed by atoms with Crippen LogP contribution in [0.1, 0.15) is 17.3 Å². The second kappa shape index (κ2) is 3.91. The molecule has 0 radical (unpaired) electrons. The largest absolute Gasteiger partial charge is 0.507 e. The molecule has 0 saturated carbocycles. The summed E-state index contributed by atoms with van der Waals surface area (Å²) in [5.74, 6) is -0.557. The van der Waals surface area contributed by atoms with Crippen LogP contribution in [0, 0.1) is 13.7 Å². The van der Waals surface area contributed by atoms with Gasteiger partial charge in [0.05, 0.1) is 8.49 Å². The third-order valence-electron chi connectivity index (χ3n) is 1.65. The second-order valence-corrected chi connectivity index (χ2v) is 3.68. The number of rotatable bonds is 2. The summed E-state index contributed by atoms with van der Waals surface area (Å²) in [7, 11) is 0. The number of benzene rings is 1. The molecule has 0 aliphatic heterocycles. The van der Waals surface area contributed by atoms with Gasteiger partial charge in [-0.25, -0.2) is 0 Å². The van der Waals surface area contributed by atoms with Gasteiger partial charge in [0, 0.05) is 6.07 Å². The zero-order chi connectivity index (χ0) is 10.9. The molecular weight excluding hydrogens is 301 g/mol. The Kier molecular flexibility index (Phi) is 3.04. The lowest BCUT2D eigenvalue weighted by Gasteiger charge is -2.03. The number of halogens is 1. The van der Waals surface area contributed by atoms with Gasteiger partial charge < -0.3 is 5.11 Å². The lowest BCUT2D eigenvalue weighted by atomic mass is 10.1. The number of hydrogen-bond donors (Lipinski definition) is 1. The predicted octanol–water partition coefficient (Wildman–Crippen LogP) is 2.11. The average Bonchev–Trinajstić information content (AvgIpc) is 2.08. The zero-order valence-electron chi connectivity index (χ0n) is 7.15. The Balaban J connectivity index is 3.53. The minimum Gasteiger partial charge on any atom is -0.507 e. The van der Waals surface area contributed by atoms with E-state index in [4.69, 9.17) is 0 Å². The molecule has 0 fully saturated rings. The molecule has 0 aromatic heterocycles. The smallest absolute Gasteiger partial charge is 0.281 e. The molecular formula is C8H6INO4. The summed E-state index contributed by atoms with van der Waals surface area (Å²) in [5, 5.41) is 19.8. The van der Waals surface area contributed by atoms with E-state index in [2.05, 4.69) is 0 Å². The third-order valence-corrected chi connectivity index (χ3v) is 2.74. The molecule has 1 N–H and O–H groups in total. The Hall–Kier alpha value is -1.18. The molecule has 74 valence electrons. The first-order valence-corrected chi connectivity index (χ1v) is 4.69. The van der Waals surface area contributed by atoms with Gasteiger partial charge in [-0.15, -0.1) is 0 Å². The summed E-state index contributed by atoms with van der Waals surface area (Å²) in [6.45, 7) is 1.23. The summed E-state index contributed by atoms with van der Waals surface area (Å²) in [5.41, 5.74) is -0.324. The number of phenolic OH excluding ortho intramolecular Hbond substituents is 1. The van der Waals surface area contributed by atoms with Gasteiger partial charge >= 0.3 is 0 Å². The van der Waals surface area contributed by atoms with Crippen molar-refractivity contribution < 1.29 is 14.8 Å². The van der Waals surface area contributed by atoms with Crippen LogP contribution in [0.4, 0.5) is 5.69 Å². The molecule has 0 bridgehead atoms. The Bertz CT molecular complexity index is 416. The number of aromatic hydroxyl groups is 1. The number of ketones is 1. The molecule has 0 atom stereocenters. The van der Waals surface area contributed by atoms with Crippen LogP contribution in [0.5, 0.6) is 5.75 Å². The van der Waals surface area contributed by atoms with E-state index >= 15 is 0 Å². The molecule has 14 heavy (non-hydrogen) atoms. The SMILES string of the molecule is CC(=O)c1c([N+](=O)[O-])ccc(O)c1I. The van der Waals surface area contributed by atoms with Crippen molar-refractivity contribution in [3.05, 3.63) is 31.4 Å². The molecule has 0 unspecified atom stereocenters. The molecule has 0 aliphatic rings. The fraction of sp³-hybridized carbons (Fsp3) is 0.125. The van der Waals surface area contributed by atoms with Gasteiger partial charge in [-0.05, 0) is 35.6 Å². The van der Waals surface area contributed by atoms with Crippen LogP contribution in [0.2, 0.25) is 0 Å². The molecule has 6 heteroatoms. The van der Waals surface area contributed by atoms with E-state index < -0.39 is 10.7 Å². The van der Waals surface area contributed by atoms with Gasteiger partial charge in [0.15, 0.2) is 5.78 Å². The van der Waals surface area contributed by atoms with Gasteiger partial charge in [0.2, 0.25) is 0 Å². The highest BCUT2D eigenvalue weighted by atomic mass is 127. The quantitative estimate of drug-likeness (QED) is 0.393. The number of nitro groups is 1. The van der Waals surface area contributed by atoms with Crippen LogP contribution >= 0.6 is 22.6 Å². The fourth-order valence-corrected chi connectivity index (χ4v) is 1.88. The van der Waals surface area contributed by atoms with Crippen LogP contribution in [-0.4, -0.2) is 15.8 Å². The van der Waals surface area contributed by atoms with E-state index in [9.17, 15) is 20.0 Å². The van der Waals surface area contributed by atoms with E-state index in [1.54, 1.807) is 22.6 Å². The number of nitro benzene ring substituents is 1. The number of Topliss-reactive ketones (excluding diaryl/α,β-unsaturated/α-hetero) is 1. The monoisotopic (exact) mass is 307 g/mol. The van der Waals surface area contributed by atoms with E-state index in [1.807, 2.05) is 0 Å². The fourth-order valence-electron chi connectivity index (χ4n) is 1.04. The average molecular weight is 307 g/mol. The minimum atomic E-state index is -0.641. The number of hydrogen-bond acceptors (Lipinski definition) is 4. The van der Waals surface area contributed by atoms with Crippen molar-refractivity contribution in [2.24, 2.45) is 0 Å². The second-order valence-electron chi connectivity index (χ2n) is 2.61. The van der Waals surface area contributed by atoms with Crippen molar-refractivity contribution in [3.8, 4) is 5.75 Å². The first-order valence-electron chi connectivity index (χ1n) is 3.62. The van der Waals surface area contributed by atoms with Crippen molar-refractivity contribution in [2.45, 2.75) is 6.92 Å². The Morgan fingerprint density at radius 3 is 2.57 bits per heavy atom. The number of nitrogens with zero attached hydrogens (tertiary/aromatic N) is 1. The summed E-state index contributed by atoms with van der Waals surface area (Å²) < 4.78 is 0.212. The Morgan fingerprint density at radius 1 is 1.57 bits per heavy atom. The summed E-state index contributed by atoms with van der Waals surface area (Å²) in [6, 6.07) is 2.32. The first-order chi connectivity index (χ1) is 6.45. The van der Waals surface area contributed by atoms with Crippen molar-refractivity contribution in [3.63, 3.8) is 0 Å². The van der Waals surface area contributed by atoms with E-state index in [0.29, 0.717) is 0 Å². The molecule has 0 heterocycles. The lowest BCUT2D eigenvalue weighted by molar-refractivity contribution is -0.385. The highest BCUT2D eigenvalue weighted by Crippen LogP contribution is 2.30. The van der Waals surface area contributed by atoms with E-state index in [1.165, 1.54) is 13.0 Å². The standard InChI is InChI=1S/C8H6INO4/c1-4(11)7-5(10(13)14)2-3-6(12)8(7)9/h2-3,12H,1H3. The maximum absolute atomic E-state index is 11.1. The van der Waals surface area contributed by atoms with Crippen molar-refractivity contribution >= 4 is 34.1 Å². The highest BCUT2D eigenvalue weighted by Gasteiger charge is 2.22. The molecule has 0 saturated heterocycles. The van der Waals surface area contributed by atoms with Crippen molar-refractivity contribution in [1.82, 2.24) is 0 Å². The van der Waals surface area contributed by atoms with Crippen LogP contribution in [0.25, 0.3) is 0 Å². The molecule has 0 aliphatic carbocycles. The van der Waals surface area contributed by atoms with Gasteiger partial charge in [-0.3, -0.25) is 14.9 Å². The molecule has 5 nitrogen and oxygen atoms in total. The Labute approximate surface area is 93.0 Å². The van der Waals surface area contributed by atoms with Crippen molar-refractivity contribution in [1.29, 1.82) is 0 Å². The molecule has 0 spiro atoms. The maximum Gasteiger partial charge on any atom is 0.281 e. The molecule has 1 aromatic carbocycles. The van der Waals surface area contributed by atoms with Gasteiger partial charge in [-0.2, -0.15) is 0 Å². The predicted molar refractivity (Wildman–Crippen MR) is 57.5 cm³/mol. The van der Waals surface area contributed by atoms with Gasteiger partial charge in [-0.1, -0.05) is 0 Å². The maximum atomic E-state index is 11.1. The Morgan fingerprint density at radius 2 is 2.14 bits per heavy atom. The molecule has 1 rings (SSSR count). The van der Waals surface area contributed by atoms with Crippen LogP contribution < -0.4 is 0 Å². The molecule has 1 aromatic rings. The topological polar surface area (TPSA) is 80.4 Å². The zero-order valence-corrected chi connectivity index (χ0v) is 9.31.